The van der Waals surface area contributed by atoms with Crippen molar-refractivity contribution >= 4 is 5.82 Å². The van der Waals surface area contributed by atoms with E-state index in [2.05, 4.69) is 43.0 Å². The first-order valence-electron chi connectivity index (χ1n) is 7.25. The van der Waals surface area contributed by atoms with Gasteiger partial charge in [0.1, 0.15) is 11.9 Å². The summed E-state index contributed by atoms with van der Waals surface area (Å²) in [6.45, 7) is 9.49. The second-order valence-corrected chi connectivity index (χ2v) is 5.24. The van der Waals surface area contributed by atoms with Crippen molar-refractivity contribution in [3.63, 3.8) is 0 Å². The molecule has 0 fully saturated rings. The van der Waals surface area contributed by atoms with Gasteiger partial charge in [0.15, 0.2) is 5.82 Å². The normalized spacial score (nSPS) is 12.7. The summed E-state index contributed by atoms with van der Waals surface area (Å²) in [7, 11) is 1.73. The smallest absolute Gasteiger partial charge is 0.159 e. The summed E-state index contributed by atoms with van der Waals surface area (Å²) in [4.78, 5) is 9.24. The second kappa shape index (κ2) is 8.10. The summed E-state index contributed by atoms with van der Waals surface area (Å²) in [6.07, 6.45) is 2.98. The first kappa shape index (κ1) is 15.9. The van der Waals surface area contributed by atoms with Gasteiger partial charge in [0.25, 0.3) is 0 Å². The van der Waals surface area contributed by atoms with Crippen LogP contribution in [0.25, 0.3) is 0 Å². The zero-order valence-electron chi connectivity index (χ0n) is 12.9. The van der Waals surface area contributed by atoms with Crippen LogP contribution in [0.4, 0.5) is 5.82 Å². The van der Waals surface area contributed by atoms with Gasteiger partial charge in [-0.25, -0.2) is 9.97 Å². The van der Waals surface area contributed by atoms with E-state index in [1.807, 2.05) is 6.07 Å². The van der Waals surface area contributed by atoms with E-state index >= 15 is 0 Å². The molecule has 0 aliphatic carbocycles. The Morgan fingerprint density at radius 2 is 2.00 bits per heavy atom. The van der Waals surface area contributed by atoms with Crippen LogP contribution in [0.5, 0.6) is 0 Å². The number of hydrogen-bond acceptors (Lipinski definition) is 4. The predicted octanol–water partition coefficient (Wildman–Crippen LogP) is 3.59. The molecule has 0 aliphatic heterocycles. The van der Waals surface area contributed by atoms with E-state index in [0.29, 0.717) is 5.92 Å². The molecule has 1 aromatic heterocycles. The largest absolute Gasteiger partial charge is 0.373 e. The third-order valence-corrected chi connectivity index (χ3v) is 2.90. The summed E-state index contributed by atoms with van der Waals surface area (Å²) in [6, 6.07) is 2.05. The van der Waals surface area contributed by atoms with Gasteiger partial charge < -0.3 is 10.1 Å². The van der Waals surface area contributed by atoms with E-state index in [-0.39, 0.29) is 6.10 Å². The van der Waals surface area contributed by atoms with E-state index in [0.717, 1.165) is 43.1 Å². The Hall–Kier alpha value is -1.16. The van der Waals surface area contributed by atoms with E-state index < -0.39 is 0 Å². The SMILES string of the molecule is CCCC(OC)c1nc(CC(C)C)cc(NCC)n1. The Bertz CT molecular complexity index is 380. The molecule has 1 atom stereocenters. The molecule has 0 bridgehead atoms. The van der Waals surface area contributed by atoms with Crippen molar-refractivity contribution in [3.05, 3.63) is 17.6 Å². The van der Waals surface area contributed by atoms with Gasteiger partial charge in [0, 0.05) is 25.4 Å². The molecule has 1 heterocycles. The number of aromatic nitrogens is 2. The van der Waals surface area contributed by atoms with Gasteiger partial charge in [0.2, 0.25) is 0 Å². The van der Waals surface area contributed by atoms with Gasteiger partial charge in [-0.2, -0.15) is 0 Å². The minimum atomic E-state index is -0.00508. The summed E-state index contributed by atoms with van der Waals surface area (Å²) in [5, 5.41) is 3.28. The fourth-order valence-corrected chi connectivity index (χ4v) is 2.07. The molecular weight excluding hydrogens is 238 g/mol. The third kappa shape index (κ3) is 5.15. The number of nitrogens with one attached hydrogen (secondary N) is 1. The van der Waals surface area contributed by atoms with Crippen LogP contribution in [0.15, 0.2) is 6.07 Å². The highest BCUT2D eigenvalue weighted by Crippen LogP contribution is 2.21. The number of hydrogen-bond donors (Lipinski definition) is 1. The molecule has 0 aliphatic rings. The Morgan fingerprint density at radius 1 is 1.26 bits per heavy atom. The number of ether oxygens (including phenoxy) is 1. The lowest BCUT2D eigenvalue weighted by atomic mass is 10.1. The summed E-state index contributed by atoms with van der Waals surface area (Å²) in [5.74, 6) is 2.30. The molecular formula is C15H27N3O. The molecule has 1 N–H and O–H groups in total. The molecule has 4 nitrogen and oxygen atoms in total. The fourth-order valence-electron chi connectivity index (χ4n) is 2.07. The van der Waals surface area contributed by atoms with Crippen LogP contribution in [0.1, 0.15) is 58.2 Å². The topological polar surface area (TPSA) is 47.0 Å². The maximum atomic E-state index is 5.52. The lowest BCUT2D eigenvalue weighted by Crippen LogP contribution is -2.12. The van der Waals surface area contributed by atoms with Crippen LogP contribution in [0, 0.1) is 5.92 Å². The highest BCUT2D eigenvalue weighted by atomic mass is 16.5. The number of rotatable bonds is 8. The monoisotopic (exact) mass is 265 g/mol. The van der Waals surface area contributed by atoms with Gasteiger partial charge in [-0.3, -0.25) is 0 Å². The highest BCUT2D eigenvalue weighted by molar-refractivity contribution is 5.36. The molecule has 0 spiro atoms. The average molecular weight is 265 g/mol. The predicted molar refractivity (Wildman–Crippen MR) is 79.4 cm³/mol. The molecule has 0 aromatic carbocycles. The van der Waals surface area contributed by atoms with Crippen LogP contribution >= 0.6 is 0 Å². The molecule has 0 radical (unpaired) electrons. The molecule has 1 unspecified atom stereocenters. The van der Waals surface area contributed by atoms with Crippen LogP contribution in [0.2, 0.25) is 0 Å². The van der Waals surface area contributed by atoms with Crippen molar-refractivity contribution in [3.8, 4) is 0 Å². The van der Waals surface area contributed by atoms with Gasteiger partial charge in [-0.15, -0.1) is 0 Å². The van der Waals surface area contributed by atoms with Crippen LogP contribution < -0.4 is 5.32 Å². The number of methoxy groups -OCH3 is 1. The molecule has 4 heteroatoms. The Kier molecular flexibility index (Phi) is 6.78. The molecule has 0 amide bonds. The quantitative estimate of drug-likeness (QED) is 0.780. The Morgan fingerprint density at radius 3 is 2.53 bits per heavy atom. The number of nitrogens with zero attached hydrogens (tertiary/aromatic N) is 2. The van der Waals surface area contributed by atoms with Crippen molar-refractivity contribution < 1.29 is 4.74 Å². The first-order chi connectivity index (χ1) is 9.10. The van der Waals surface area contributed by atoms with E-state index in [9.17, 15) is 0 Å². The van der Waals surface area contributed by atoms with Gasteiger partial charge in [-0.1, -0.05) is 27.2 Å². The third-order valence-electron chi connectivity index (χ3n) is 2.90. The van der Waals surface area contributed by atoms with E-state index in [4.69, 9.17) is 4.74 Å². The molecule has 1 rings (SSSR count). The zero-order valence-corrected chi connectivity index (χ0v) is 12.9. The second-order valence-electron chi connectivity index (χ2n) is 5.24. The van der Waals surface area contributed by atoms with Crippen LogP contribution in [-0.2, 0) is 11.2 Å². The highest BCUT2D eigenvalue weighted by Gasteiger charge is 2.15. The molecule has 1 aromatic rings. The maximum Gasteiger partial charge on any atom is 0.159 e. The first-order valence-corrected chi connectivity index (χ1v) is 7.25. The van der Waals surface area contributed by atoms with E-state index in [1.165, 1.54) is 0 Å². The van der Waals surface area contributed by atoms with Crippen molar-refractivity contribution in [2.24, 2.45) is 5.92 Å². The molecule has 19 heavy (non-hydrogen) atoms. The van der Waals surface area contributed by atoms with Crippen molar-refractivity contribution in [1.82, 2.24) is 9.97 Å². The fraction of sp³-hybridized carbons (Fsp3) is 0.733. The lowest BCUT2D eigenvalue weighted by molar-refractivity contribution is 0.0875. The summed E-state index contributed by atoms with van der Waals surface area (Å²) < 4.78 is 5.52. The standard InChI is InChI=1S/C15H27N3O/c1-6-8-13(19-5)15-17-12(9-11(3)4)10-14(18-15)16-7-2/h10-11,13H,6-9H2,1-5H3,(H,16,17,18). The Balaban J connectivity index is 3.03. The van der Waals surface area contributed by atoms with E-state index in [1.54, 1.807) is 7.11 Å². The maximum absolute atomic E-state index is 5.52. The minimum Gasteiger partial charge on any atom is -0.373 e. The van der Waals surface area contributed by atoms with Crippen LogP contribution in [-0.4, -0.2) is 23.6 Å². The van der Waals surface area contributed by atoms with Gasteiger partial charge >= 0.3 is 0 Å². The summed E-state index contributed by atoms with van der Waals surface area (Å²) >= 11 is 0. The molecule has 0 saturated heterocycles. The summed E-state index contributed by atoms with van der Waals surface area (Å²) in [5.41, 5.74) is 1.09. The molecule has 0 saturated carbocycles. The van der Waals surface area contributed by atoms with Crippen molar-refractivity contribution in [2.45, 2.75) is 53.1 Å². The number of anilines is 1. The van der Waals surface area contributed by atoms with Crippen molar-refractivity contribution in [1.29, 1.82) is 0 Å². The minimum absolute atomic E-state index is 0.00508. The van der Waals surface area contributed by atoms with Gasteiger partial charge in [-0.05, 0) is 25.7 Å². The van der Waals surface area contributed by atoms with Crippen LogP contribution in [0.3, 0.4) is 0 Å². The van der Waals surface area contributed by atoms with Gasteiger partial charge in [0.05, 0.1) is 0 Å². The lowest BCUT2D eigenvalue weighted by Gasteiger charge is -2.16. The Labute approximate surface area is 117 Å². The average Bonchev–Trinajstić information content (AvgIpc) is 2.35. The molecule has 108 valence electrons. The van der Waals surface area contributed by atoms with Crippen molar-refractivity contribution in [2.75, 3.05) is 19.0 Å². The zero-order chi connectivity index (χ0) is 14.3.